The maximum absolute atomic E-state index is 12.5. The molecule has 1 fully saturated rings. The number of hydrogen-bond donors (Lipinski definition) is 0. The van der Waals surface area contributed by atoms with Crippen LogP contribution in [0, 0.1) is 0 Å². The highest BCUT2D eigenvalue weighted by atomic mass is 32.1. The summed E-state index contributed by atoms with van der Waals surface area (Å²) >= 11 is 1.48. The summed E-state index contributed by atoms with van der Waals surface area (Å²) in [5.74, 6) is -0.224. The van der Waals surface area contributed by atoms with Crippen molar-refractivity contribution in [3.05, 3.63) is 63.8 Å². The number of thiophene rings is 1. The summed E-state index contributed by atoms with van der Waals surface area (Å²) in [6.07, 6.45) is 0.717. The number of benzene rings is 2. The number of rotatable bonds is 5. The zero-order valence-electron chi connectivity index (χ0n) is 15.4. The van der Waals surface area contributed by atoms with E-state index in [9.17, 15) is 4.79 Å². The number of nitrogens with zero attached hydrogens (tertiary/aromatic N) is 1. The predicted molar refractivity (Wildman–Crippen MR) is 110 cm³/mol. The molecule has 140 valence electrons. The van der Waals surface area contributed by atoms with Crippen LogP contribution in [0.15, 0.2) is 47.8 Å². The number of esters is 1. The topological polar surface area (TPSA) is 38.8 Å². The van der Waals surface area contributed by atoms with Crippen LogP contribution in [0.2, 0.25) is 0 Å². The molecule has 2 heterocycles. The van der Waals surface area contributed by atoms with Gasteiger partial charge >= 0.3 is 5.97 Å². The lowest BCUT2D eigenvalue weighted by Crippen LogP contribution is -2.36. The van der Waals surface area contributed by atoms with Crippen molar-refractivity contribution in [1.82, 2.24) is 0 Å². The lowest BCUT2D eigenvalue weighted by atomic mass is 10.00. The molecular formula is C22H23NO3S. The summed E-state index contributed by atoms with van der Waals surface area (Å²) in [6, 6.07) is 14.9. The molecule has 0 saturated carbocycles. The zero-order chi connectivity index (χ0) is 18.6. The van der Waals surface area contributed by atoms with E-state index in [4.69, 9.17) is 9.47 Å². The molecule has 0 unspecified atom stereocenters. The number of carbonyl (C=O) groups excluding carboxylic acids is 1. The fourth-order valence-electron chi connectivity index (χ4n) is 3.53. The maximum Gasteiger partial charge on any atom is 0.348 e. The van der Waals surface area contributed by atoms with Crippen LogP contribution in [0.4, 0.5) is 5.69 Å². The lowest BCUT2D eigenvalue weighted by Gasteiger charge is -2.29. The van der Waals surface area contributed by atoms with Crippen molar-refractivity contribution in [1.29, 1.82) is 0 Å². The van der Waals surface area contributed by atoms with Gasteiger partial charge in [-0.25, -0.2) is 4.79 Å². The van der Waals surface area contributed by atoms with E-state index in [1.807, 2.05) is 6.92 Å². The Bertz CT molecular complexity index is 944. The molecular weight excluding hydrogens is 358 g/mol. The van der Waals surface area contributed by atoms with Gasteiger partial charge in [-0.2, -0.15) is 0 Å². The summed E-state index contributed by atoms with van der Waals surface area (Å²) in [4.78, 5) is 15.5. The smallest absolute Gasteiger partial charge is 0.348 e. The van der Waals surface area contributed by atoms with Gasteiger partial charge < -0.3 is 14.4 Å². The normalized spacial score (nSPS) is 14.5. The summed E-state index contributed by atoms with van der Waals surface area (Å²) in [6.45, 7) is 5.38. The van der Waals surface area contributed by atoms with Crippen LogP contribution in [-0.2, 0) is 15.9 Å². The number of ether oxygens (including phenoxy) is 2. The minimum atomic E-state index is -0.224. The minimum Gasteiger partial charge on any atom is -0.462 e. The van der Waals surface area contributed by atoms with Crippen LogP contribution in [0.5, 0.6) is 0 Å². The molecule has 0 bridgehead atoms. The zero-order valence-corrected chi connectivity index (χ0v) is 16.3. The Hall–Kier alpha value is -2.37. The van der Waals surface area contributed by atoms with Crippen molar-refractivity contribution in [2.75, 3.05) is 37.8 Å². The fourth-order valence-corrected chi connectivity index (χ4v) is 4.53. The molecule has 0 spiro atoms. The average Bonchev–Trinajstić information content (AvgIpc) is 3.12. The molecule has 1 aliphatic rings. The van der Waals surface area contributed by atoms with Gasteiger partial charge in [0.25, 0.3) is 0 Å². The third kappa shape index (κ3) is 3.84. The number of hydrogen-bond acceptors (Lipinski definition) is 5. The molecule has 4 rings (SSSR count). The molecule has 2 aromatic carbocycles. The molecule has 0 radical (unpaired) electrons. The third-order valence-electron chi connectivity index (χ3n) is 4.88. The third-order valence-corrected chi connectivity index (χ3v) is 5.87. The SMILES string of the molecule is CCOC(=O)c1scc(N2CCOCC2)c1Cc1ccc2ccccc2c1. The second-order valence-electron chi connectivity index (χ2n) is 6.61. The van der Waals surface area contributed by atoms with Gasteiger partial charge in [0.1, 0.15) is 4.88 Å². The average molecular weight is 381 g/mol. The first-order chi connectivity index (χ1) is 13.3. The van der Waals surface area contributed by atoms with E-state index in [0.717, 1.165) is 44.0 Å². The van der Waals surface area contributed by atoms with Crippen LogP contribution < -0.4 is 4.90 Å². The van der Waals surface area contributed by atoms with Crippen molar-refractivity contribution in [3.63, 3.8) is 0 Å². The van der Waals surface area contributed by atoms with E-state index >= 15 is 0 Å². The molecule has 0 aliphatic carbocycles. The van der Waals surface area contributed by atoms with Gasteiger partial charge in [-0.1, -0.05) is 42.5 Å². The first-order valence-electron chi connectivity index (χ1n) is 9.34. The number of fused-ring (bicyclic) bond motifs is 1. The van der Waals surface area contributed by atoms with Crippen LogP contribution in [0.1, 0.15) is 27.7 Å². The highest BCUT2D eigenvalue weighted by Crippen LogP contribution is 2.34. The van der Waals surface area contributed by atoms with Gasteiger partial charge in [0.05, 0.1) is 25.5 Å². The fraction of sp³-hybridized carbons (Fsp3) is 0.318. The lowest BCUT2D eigenvalue weighted by molar-refractivity contribution is 0.0531. The number of carbonyl (C=O) groups is 1. The predicted octanol–water partition coefficient (Wildman–Crippen LogP) is 4.51. The summed E-state index contributed by atoms with van der Waals surface area (Å²) < 4.78 is 10.8. The molecule has 0 amide bonds. The maximum atomic E-state index is 12.5. The second kappa shape index (κ2) is 8.11. The highest BCUT2D eigenvalue weighted by Gasteiger charge is 2.23. The molecule has 0 N–H and O–H groups in total. The largest absolute Gasteiger partial charge is 0.462 e. The quantitative estimate of drug-likeness (QED) is 0.610. The van der Waals surface area contributed by atoms with Crippen molar-refractivity contribution >= 4 is 33.8 Å². The first-order valence-corrected chi connectivity index (χ1v) is 10.2. The van der Waals surface area contributed by atoms with E-state index in [1.54, 1.807) is 0 Å². The Morgan fingerprint density at radius 1 is 1.15 bits per heavy atom. The molecule has 27 heavy (non-hydrogen) atoms. The molecule has 5 heteroatoms. The van der Waals surface area contributed by atoms with Gasteiger partial charge in [0.2, 0.25) is 0 Å². The Morgan fingerprint density at radius 2 is 1.93 bits per heavy atom. The molecule has 4 nitrogen and oxygen atoms in total. The number of anilines is 1. The van der Waals surface area contributed by atoms with Crippen LogP contribution >= 0.6 is 11.3 Å². The van der Waals surface area contributed by atoms with Crippen LogP contribution in [-0.4, -0.2) is 38.9 Å². The molecule has 1 saturated heterocycles. The van der Waals surface area contributed by atoms with E-state index in [1.165, 1.54) is 27.7 Å². The number of morpholine rings is 1. The van der Waals surface area contributed by atoms with Crippen molar-refractivity contribution < 1.29 is 14.3 Å². The van der Waals surface area contributed by atoms with Crippen LogP contribution in [0.25, 0.3) is 10.8 Å². The van der Waals surface area contributed by atoms with Gasteiger partial charge in [0, 0.05) is 30.5 Å². The summed E-state index contributed by atoms with van der Waals surface area (Å²) in [7, 11) is 0. The van der Waals surface area contributed by atoms with Crippen molar-refractivity contribution in [2.45, 2.75) is 13.3 Å². The Morgan fingerprint density at radius 3 is 2.70 bits per heavy atom. The van der Waals surface area contributed by atoms with Gasteiger partial charge in [-0.15, -0.1) is 11.3 Å². The molecule has 1 aliphatic heterocycles. The van der Waals surface area contributed by atoms with E-state index < -0.39 is 0 Å². The Balaban J connectivity index is 1.71. The monoisotopic (exact) mass is 381 g/mol. The van der Waals surface area contributed by atoms with Gasteiger partial charge in [0.15, 0.2) is 0 Å². The standard InChI is InChI=1S/C22H23NO3S/c1-2-26-22(24)21-19(20(15-27-21)23-9-11-25-12-10-23)14-16-7-8-17-5-3-4-6-18(17)13-16/h3-8,13,15H,2,9-12,14H2,1H3. The minimum absolute atomic E-state index is 0.224. The molecule has 0 atom stereocenters. The molecule has 3 aromatic rings. The summed E-state index contributed by atoms with van der Waals surface area (Å²) in [5, 5.41) is 4.54. The Kier molecular flexibility index (Phi) is 5.41. The second-order valence-corrected chi connectivity index (χ2v) is 7.49. The van der Waals surface area contributed by atoms with Crippen LogP contribution in [0.3, 0.4) is 0 Å². The van der Waals surface area contributed by atoms with E-state index in [0.29, 0.717) is 11.5 Å². The molecule has 1 aromatic heterocycles. The highest BCUT2D eigenvalue weighted by molar-refractivity contribution is 7.12. The van der Waals surface area contributed by atoms with E-state index in [2.05, 4.69) is 52.7 Å². The van der Waals surface area contributed by atoms with Crippen molar-refractivity contribution in [2.24, 2.45) is 0 Å². The first kappa shape index (κ1) is 18.0. The Labute approximate surface area is 163 Å². The van der Waals surface area contributed by atoms with Gasteiger partial charge in [-0.05, 0) is 23.3 Å². The van der Waals surface area contributed by atoms with E-state index in [-0.39, 0.29) is 5.97 Å². The van der Waals surface area contributed by atoms with Crippen molar-refractivity contribution in [3.8, 4) is 0 Å². The van der Waals surface area contributed by atoms with Gasteiger partial charge in [-0.3, -0.25) is 0 Å². The summed E-state index contributed by atoms with van der Waals surface area (Å²) in [5.41, 5.74) is 3.40.